The molecule has 1 aromatic rings. The summed E-state index contributed by atoms with van der Waals surface area (Å²) in [6.07, 6.45) is 11.5. The molecule has 0 saturated heterocycles. The van der Waals surface area contributed by atoms with Crippen molar-refractivity contribution in [1.82, 2.24) is 0 Å². The van der Waals surface area contributed by atoms with Crippen molar-refractivity contribution in [2.45, 2.75) is 0 Å². The van der Waals surface area contributed by atoms with Crippen LogP contribution in [0.5, 0.6) is 0 Å². The Labute approximate surface area is 165 Å². The van der Waals surface area contributed by atoms with Crippen LogP contribution in [0.2, 0.25) is 0 Å². The lowest BCUT2D eigenvalue weighted by Gasteiger charge is -2.35. The van der Waals surface area contributed by atoms with E-state index >= 15 is 0 Å². The van der Waals surface area contributed by atoms with Gasteiger partial charge in [0.05, 0.1) is 17.1 Å². The normalized spacial score (nSPS) is 9.78. The van der Waals surface area contributed by atoms with E-state index in [1.54, 1.807) is 0 Å². The second kappa shape index (κ2) is 12.4. The van der Waals surface area contributed by atoms with Crippen LogP contribution in [0.3, 0.4) is 0 Å². The molecule has 144 valence electrons. The quantitative estimate of drug-likeness (QED) is 0.396. The molecule has 0 saturated carbocycles. The lowest BCUT2D eigenvalue weighted by Crippen LogP contribution is -2.32. The number of rotatable bonds is 15. The van der Waals surface area contributed by atoms with Crippen molar-refractivity contribution in [1.29, 1.82) is 0 Å². The van der Waals surface area contributed by atoms with Crippen LogP contribution >= 0.6 is 0 Å². The van der Waals surface area contributed by atoms with Gasteiger partial charge >= 0.3 is 0 Å². The highest BCUT2D eigenvalue weighted by Gasteiger charge is 2.20. The van der Waals surface area contributed by atoms with Crippen molar-refractivity contribution in [3.63, 3.8) is 0 Å². The van der Waals surface area contributed by atoms with E-state index in [4.69, 9.17) is 0 Å². The third kappa shape index (κ3) is 6.07. The molecule has 0 unspecified atom stereocenters. The Balaban J connectivity index is 3.66. The topological polar surface area (TPSA) is 9.72 Å². The Morgan fingerprint density at radius 2 is 0.815 bits per heavy atom. The van der Waals surface area contributed by atoms with Crippen molar-refractivity contribution >= 4 is 17.1 Å². The van der Waals surface area contributed by atoms with Gasteiger partial charge in [0.25, 0.3) is 0 Å². The van der Waals surface area contributed by atoms with Crippen LogP contribution < -0.4 is 14.7 Å². The predicted octanol–water partition coefficient (Wildman–Crippen LogP) is 5.22. The molecule has 1 rings (SSSR count). The fourth-order valence-electron chi connectivity index (χ4n) is 3.09. The zero-order chi connectivity index (χ0) is 20.1. The molecule has 0 aliphatic carbocycles. The smallest absolute Gasteiger partial charge is 0.0847 e. The molecule has 0 fully saturated rings. The van der Waals surface area contributed by atoms with Crippen LogP contribution in [0, 0.1) is 0 Å². The molecule has 0 aliphatic rings. The van der Waals surface area contributed by atoms with E-state index in [-0.39, 0.29) is 0 Å². The maximum atomic E-state index is 3.93. The first kappa shape index (κ1) is 22.1. The van der Waals surface area contributed by atoms with E-state index in [2.05, 4.69) is 72.4 Å². The highest BCUT2D eigenvalue weighted by atomic mass is 15.2. The van der Waals surface area contributed by atoms with E-state index < -0.39 is 0 Å². The van der Waals surface area contributed by atoms with Crippen molar-refractivity contribution in [2.75, 3.05) is 54.0 Å². The van der Waals surface area contributed by atoms with Crippen molar-refractivity contribution < 1.29 is 0 Å². The number of anilines is 3. The maximum Gasteiger partial charge on any atom is 0.0847 e. The van der Waals surface area contributed by atoms with Crippen LogP contribution in [-0.4, -0.2) is 39.3 Å². The average molecular weight is 364 g/mol. The largest absolute Gasteiger partial charge is 0.362 e. The minimum Gasteiger partial charge on any atom is -0.362 e. The number of nitrogens with zero attached hydrogens (tertiary/aromatic N) is 3. The zero-order valence-electron chi connectivity index (χ0n) is 16.5. The van der Waals surface area contributed by atoms with Gasteiger partial charge < -0.3 is 14.7 Å². The van der Waals surface area contributed by atoms with Crippen LogP contribution in [-0.2, 0) is 0 Å². The van der Waals surface area contributed by atoms with Crippen LogP contribution in [0.25, 0.3) is 0 Å². The zero-order valence-corrected chi connectivity index (χ0v) is 16.5. The number of hydrogen-bond donors (Lipinski definition) is 0. The van der Waals surface area contributed by atoms with Gasteiger partial charge in [-0.25, -0.2) is 0 Å². The van der Waals surface area contributed by atoms with Gasteiger partial charge in [-0.05, 0) is 12.1 Å². The molecule has 0 aromatic heterocycles. The lowest BCUT2D eigenvalue weighted by molar-refractivity contribution is 0.894. The highest BCUT2D eigenvalue weighted by Crippen LogP contribution is 2.39. The summed E-state index contributed by atoms with van der Waals surface area (Å²) in [6, 6.07) is 6.38. The molecule has 0 heterocycles. The van der Waals surface area contributed by atoms with E-state index in [0.717, 1.165) is 56.3 Å². The average Bonchev–Trinajstić information content (AvgIpc) is 2.67. The molecule has 0 radical (unpaired) electrons. The first-order valence-corrected chi connectivity index (χ1v) is 9.21. The maximum absolute atomic E-state index is 3.93. The van der Waals surface area contributed by atoms with Crippen molar-refractivity contribution in [3.8, 4) is 0 Å². The molecule has 1 aromatic carbocycles. The molecular formula is C24H33N3. The van der Waals surface area contributed by atoms with Crippen LogP contribution in [0.4, 0.5) is 17.1 Å². The third-order valence-electron chi connectivity index (χ3n) is 4.09. The summed E-state index contributed by atoms with van der Waals surface area (Å²) in [7, 11) is 0. The van der Waals surface area contributed by atoms with Crippen LogP contribution in [0.1, 0.15) is 0 Å². The third-order valence-corrected chi connectivity index (χ3v) is 4.09. The predicted molar refractivity (Wildman–Crippen MR) is 124 cm³/mol. The summed E-state index contributed by atoms with van der Waals surface area (Å²) >= 11 is 0. The van der Waals surface area contributed by atoms with Gasteiger partial charge in [-0.3, -0.25) is 0 Å². The first-order chi connectivity index (χ1) is 13.2. The van der Waals surface area contributed by atoms with E-state index in [0.29, 0.717) is 0 Å². The molecule has 0 bridgehead atoms. The summed E-state index contributed by atoms with van der Waals surface area (Å²) < 4.78 is 0. The van der Waals surface area contributed by atoms with Gasteiger partial charge in [-0.15, -0.1) is 39.5 Å². The molecule has 0 atom stereocenters. The first-order valence-electron chi connectivity index (χ1n) is 9.21. The minimum absolute atomic E-state index is 0.724. The second-order valence-corrected chi connectivity index (χ2v) is 6.09. The summed E-state index contributed by atoms with van der Waals surface area (Å²) in [5, 5.41) is 0. The summed E-state index contributed by atoms with van der Waals surface area (Å²) in [4.78, 5) is 6.80. The molecule has 0 N–H and O–H groups in total. The van der Waals surface area contributed by atoms with Crippen molar-refractivity contribution in [3.05, 3.63) is 94.1 Å². The monoisotopic (exact) mass is 363 g/mol. The molecule has 27 heavy (non-hydrogen) atoms. The highest BCUT2D eigenvalue weighted by molar-refractivity contribution is 5.85. The van der Waals surface area contributed by atoms with Crippen molar-refractivity contribution in [2.24, 2.45) is 0 Å². The Morgan fingerprint density at radius 1 is 0.519 bits per heavy atom. The van der Waals surface area contributed by atoms with Gasteiger partial charge in [0.15, 0.2) is 0 Å². The second-order valence-electron chi connectivity index (χ2n) is 6.09. The molecule has 3 nitrogen and oxygen atoms in total. The van der Waals surface area contributed by atoms with Gasteiger partial charge in [0, 0.05) is 39.3 Å². The van der Waals surface area contributed by atoms with E-state index in [1.807, 2.05) is 36.5 Å². The number of benzene rings is 1. The summed E-state index contributed by atoms with van der Waals surface area (Å²) in [5.74, 6) is 0. The number of hydrogen-bond acceptors (Lipinski definition) is 3. The molecule has 3 heteroatoms. The Hall–Kier alpha value is -2.94. The minimum atomic E-state index is 0.724. The fourth-order valence-corrected chi connectivity index (χ4v) is 3.09. The van der Waals surface area contributed by atoms with Gasteiger partial charge in [0.1, 0.15) is 0 Å². The van der Waals surface area contributed by atoms with Crippen LogP contribution in [0.15, 0.2) is 94.1 Å². The van der Waals surface area contributed by atoms with E-state index in [9.17, 15) is 0 Å². The Kier molecular flexibility index (Phi) is 10.2. The standard InChI is InChI=1S/C24H33N3/c1-7-16-25(17-8-2)22-14-13-15-23(26(18-9-3)19-10-4)24(22)27(20-11-5)21-12-6/h7-15H,1-6,16-21H2. The molecule has 0 spiro atoms. The SMILES string of the molecule is C=CCN(CC=C)c1cccc(N(CC=C)CC=C)c1N(CC=C)CC=C. The Bertz CT molecular complexity index is 587. The number of para-hydroxylation sites is 1. The summed E-state index contributed by atoms with van der Waals surface area (Å²) in [5.41, 5.74) is 3.41. The molecule has 0 aliphatic heterocycles. The molecular weight excluding hydrogens is 330 g/mol. The fraction of sp³-hybridized carbons (Fsp3) is 0.250. The van der Waals surface area contributed by atoms with E-state index in [1.165, 1.54) is 0 Å². The van der Waals surface area contributed by atoms with Gasteiger partial charge in [-0.1, -0.05) is 42.5 Å². The molecule has 0 amide bonds. The Morgan fingerprint density at radius 3 is 1.11 bits per heavy atom. The lowest BCUT2D eigenvalue weighted by atomic mass is 10.1. The van der Waals surface area contributed by atoms with Gasteiger partial charge in [0.2, 0.25) is 0 Å². The summed E-state index contributed by atoms with van der Waals surface area (Å²) in [6.45, 7) is 27.9. The van der Waals surface area contributed by atoms with Gasteiger partial charge in [-0.2, -0.15) is 0 Å².